The minimum atomic E-state index is -0.128. The third-order valence-electron chi connectivity index (χ3n) is 1.37. The van der Waals surface area contributed by atoms with E-state index in [0.29, 0.717) is 24.7 Å². The summed E-state index contributed by atoms with van der Waals surface area (Å²) in [4.78, 5) is 17.6. The van der Waals surface area contributed by atoms with E-state index in [-0.39, 0.29) is 5.56 Å². The fourth-order valence-electron chi connectivity index (χ4n) is 0.922. The van der Waals surface area contributed by atoms with E-state index >= 15 is 0 Å². The van der Waals surface area contributed by atoms with Crippen LogP contribution in [0.5, 0.6) is 0 Å². The molecule has 0 aliphatic heterocycles. The van der Waals surface area contributed by atoms with E-state index < -0.39 is 0 Å². The van der Waals surface area contributed by atoms with Crippen molar-refractivity contribution < 1.29 is 4.74 Å². The lowest BCUT2D eigenvalue weighted by atomic mass is 10.4. The van der Waals surface area contributed by atoms with Crippen LogP contribution in [0.3, 0.4) is 0 Å². The van der Waals surface area contributed by atoms with Gasteiger partial charge in [0.1, 0.15) is 5.82 Å². The van der Waals surface area contributed by atoms with Gasteiger partial charge in [0.05, 0.1) is 12.3 Å². The highest BCUT2D eigenvalue weighted by atomic mass is 16.5. The summed E-state index contributed by atoms with van der Waals surface area (Å²) >= 11 is 0. The predicted octanol–water partition coefficient (Wildman–Crippen LogP) is 0.615. The molecule has 4 heteroatoms. The molecular formula is C8H12N2O2. The highest BCUT2D eigenvalue weighted by Gasteiger charge is 1.96. The Morgan fingerprint density at radius 1 is 1.67 bits per heavy atom. The van der Waals surface area contributed by atoms with Gasteiger partial charge in [0.25, 0.3) is 5.56 Å². The van der Waals surface area contributed by atoms with Crippen LogP contribution in [-0.4, -0.2) is 16.6 Å². The molecule has 0 aliphatic rings. The molecule has 0 spiro atoms. The number of ether oxygens (including phenoxy) is 1. The van der Waals surface area contributed by atoms with Gasteiger partial charge in [-0.3, -0.25) is 4.79 Å². The third-order valence-corrected chi connectivity index (χ3v) is 1.37. The van der Waals surface area contributed by atoms with Crippen molar-refractivity contribution in [3.05, 3.63) is 27.9 Å². The van der Waals surface area contributed by atoms with Gasteiger partial charge >= 0.3 is 0 Å². The number of aromatic amines is 1. The van der Waals surface area contributed by atoms with Gasteiger partial charge in [0.15, 0.2) is 0 Å². The monoisotopic (exact) mass is 168 g/mol. The molecule has 0 bridgehead atoms. The molecule has 0 fully saturated rings. The quantitative estimate of drug-likeness (QED) is 0.719. The third kappa shape index (κ3) is 2.47. The Morgan fingerprint density at radius 3 is 3.00 bits per heavy atom. The molecule has 0 saturated carbocycles. The summed E-state index contributed by atoms with van der Waals surface area (Å²) in [5.74, 6) is 0.622. The molecule has 0 aliphatic carbocycles. The molecule has 0 aromatic carbocycles. The summed E-state index contributed by atoms with van der Waals surface area (Å²) in [5.41, 5.74) is 0.551. The van der Waals surface area contributed by atoms with Gasteiger partial charge in [0.2, 0.25) is 0 Å². The lowest BCUT2D eigenvalue weighted by Crippen LogP contribution is -2.11. The Morgan fingerprint density at radius 2 is 2.42 bits per heavy atom. The summed E-state index contributed by atoms with van der Waals surface area (Å²) < 4.78 is 5.11. The van der Waals surface area contributed by atoms with Crippen molar-refractivity contribution in [1.82, 2.24) is 9.97 Å². The zero-order valence-electron chi connectivity index (χ0n) is 7.26. The summed E-state index contributed by atoms with van der Waals surface area (Å²) in [6.07, 6.45) is 0. The van der Waals surface area contributed by atoms with Crippen LogP contribution in [0.25, 0.3) is 0 Å². The average Bonchev–Trinajstić information content (AvgIpc) is 1.99. The molecule has 1 rings (SSSR count). The van der Waals surface area contributed by atoms with E-state index in [1.54, 1.807) is 6.92 Å². The van der Waals surface area contributed by atoms with Crippen LogP contribution < -0.4 is 5.56 Å². The maximum absolute atomic E-state index is 10.9. The normalized spacial score (nSPS) is 10.2. The number of rotatable bonds is 3. The molecular weight excluding hydrogens is 156 g/mol. The van der Waals surface area contributed by atoms with Crippen molar-refractivity contribution in [2.24, 2.45) is 0 Å². The number of hydrogen-bond acceptors (Lipinski definition) is 3. The van der Waals surface area contributed by atoms with E-state index in [0.717, 1.165) is 0 Å². The topological polar surface area (TPSA) is 55.0 Å². The minimum Gasteiger partial charge on any atom is -0.375 e. The minimum absolute atomic E-state index is 0.128. The predicted molar refractivity (Wildman–Crippen MR) is 44.9 cm³/mol. The first-order valence-corrected chi connectivity index (χ1v) is 3.87. The van der Waals surface area contributed by atoms with Crippen molar-refractivity contribution in [3.63, 3.8) is 0 Å². The Balaban J connectivity index is 2.79. The number of nitrogens with one attached hydrogen (secondary N) is 1. The molecule has 0 unspecified atom stereocenters. The zero-order chi connectivity index (χ0) is 8.97. The Bertz CT molecular complexity index is 306. The molecule has 1 aromatic rings. The van der Waals surface area contributed by atoms with Gasteiger partial charge in [-0.05, 0) is 13.8 Å². The van der Waals surface area contributed by atoms with Crippen LogP contribution in [0.15, 0.2) is 10.9 Å². The van der Waals surface area contributed by atoms with Crippen LogP contribution in [0.1, 0.15) is 18.4 Å². The van der Waals surface area contributed by atoms with Crippen molar-refractivity contribution >= 4 is 0 Å². The molecule has 12 heavy (non-hydrogen) atoms. The van der Waals surface area contributed by atoms with E-state index in [4.69, 9.17) is 4.74 Å². The molecule has 0 atom stereocenters. The largest absolute Gasteiger partial charge is 0.375 e. The highest BCUT2D eigenvalue weighted by Crippen LogP contribution is 1.93. The molecule has 1 heterocycles. The standard InChI is InChI=1S/C8H12N2O2/c1-3-12-5-7-4-8(11)10-6(2)9-7/h4H,3,5H2,1-2H3,(H,9,10,11). The summed E-state index contributed by atoms with van der Waals surface area (Å²) in [5, 5.41) is 0. The smallest absolute Gasteiger partial charge is 0.251 e. The molecule has 1 N–H and O–H groups in total. The number of H-pyrrole nitrogens is 1. The fourth-order valence-corrected chi connectivity index (χ4v) is 0.922. The van der Waals surface area contributed by atoms with Crippen molar-refractivity contribution in [1.29, 1.82) is 0 Å². The van der Waals surface area contributed by atoms with Gasteiger partial charge in [-0.15, -0.1) is 0 Å². The number of hydrogen-bond donors (Lipinski definition) is 1. The van der Waals surface area contributed by atoms with Gasteiger partial charge < -0.3 is 9.72 Å². The molecule has 0 saturated heterocycles. The summed E-state index contributed by atoms with van der Waals surface area (Å²) in [6.45, 7) is 4.69. The molecule has 66 valence electrons. The van der Waals surface area contributed by atoms with Crippen LogP contribution >= 0.6 is 0 Å². The van der Waals surface area contributed by atoms with Gasteiger partial charge in [-0.25, -0.2) is 4.98 Å². The molecule has 0 radical (unpaired) electrons. The van der Waals surface area contributed by atoms with E-state index in [2.05, 4.69) is 9.97 Å². The maximum atomic E-state index is 10.9. The first kappa shape index (κ1) is 8.93. The fraction of sp³-hybridized carbons (Fsp3) is 0.500. The second-order valence-electron chi connectivity index (χ2n) is 2.46. The van der Waals surface area contributed by atoms with Gasteiger partial charge in [-0.1, -0.05) is 0 Å². The maximum Gasteiger partial charge on any atom is 0.251 e. The number of aromatic nitrogens is 2. The SMILES string of the molecule is CCOCc1cc(=O)[nH]c(C)n1. The van der Waals surface area contributed by atoms with Crippen LogP contribution in [0.2, 0.25) is 0 Å². The number of aryl methyl sites for hydroxylation is 1. The zero-order valence-corrected chi connectivity index (χ0v) is 7.26. The second kappa shape index (κ2) is 4.01. The van der Waals surface area contributed by atoms with Crippen LogP contribution in [0, 0.1) is 6.92 Å². The first-order valence-electron chi connectivity index (χ1n) is 3.87. The van der Waals surface area contributed by atoms with E-state index in [1.807, 2.05) is 6.92 Å². The van der Waals surface area contributed by atoms with Crippen LogP contribution in [0.4, 0.5) is 0 Å². The first-order chi connectivity index (χ1) is 5.72. The van der Waals surface area contributed by atoms with Crippen molar-refractivity contribution in [2.45, 2.75) is 20.5 Å². The van der Waals surface area contributed by atoms with Gasteiger partial charge in [-0.2, -0.15) is 0 Å². The second-order valence-corrected chi connectivity index (χ2v) is 2.46. The molecule has 1 aromatic heterocycles. The Hall–Kier alpha value is -1.16. The van der Waals surface area contributed by atoms with Crippen molar-refractivity contribution in [2.75, 3.05) is 6.61 Å². The summed E-state index contributed by atoms with van der Waals surface area (Å²) in [6, 6.07) is 1.45. The van der Waals surface area contributed by atoms with E-state index in [9.17, 15) is 4.79 Å². The molecule has 0 amide bonds. The van der Waals surface area contributed by atoms with E-state index in [1.165, 1.54) is 6.07 Å². The average molecular weight is 168 g/mol. The van der Waals surface area contributed by atoms with Crippen molar-refractivity contribution in [3.8, 4) is 0 Å². The Labute approximate surface area is 70.6 Å². The molecule has 4 nitrogen and oxygen atoms in total. The lowest BCUT2D eigenvalue weighted by Gasteiger charge is -2.00. The van der Waals surface area contributed by atoms with Gasteiger partial charge in [0, 0.05) is 12.7 Å². The lowest BCUT2D eigenvalue weighted by molar-refractivity contribution is 0.131. The Kier molecular flexibility index (Phi) is 2.99. The number of nitrogens with zero attached hydrogens (tertiary/aromatic N) is 1. The summed E-state index contributed by atoms with van der Waals surface area (Å²) in [7, 11) is 0. The van der Waals surface area contributed by atoms with Crippen LogP contribution in [-0.2, 0) is 11.3 Å². The highest BCUT2D eigenvalue weighted by molar-refractivity contribution is 5.00.